The molecular formula is C21H22N2O6. The van der Waals surface area contributed by atoms with Crippen molar-refractivity contribution in [3.63, 3.8) is 0 Å². The molecule has 0 spiro atoms. The molecule has 3 amide bonds. The highest BCUT2D eigenvalue weighted by molar-refractivity contribution is 6.22. The van der Waals surface area contributed by atoms with Crippen LogP contribution in [-0.4, -0.2) is 41.2 Å². The zero-order valence-corrected chi connectivity index (χ0v) is 16.2. The fraction of sp³-hybridized carbons (Fsp3) is 0.333. The number of esters is 1. The van der Waals surface area contributed by atoms with Crippen LogP contribution in [0.3, 0.4) is 0 Å². The summed E-state index contributed by atoms with van der Waals surface area (Å²) in [6.07, 6.45) is 2.03. The molecule has 1 aliphatic heterocycles. The number of hydrogen-bond acceptors (Lipinski definition) is 6. The molecule has 8 nitrogen and oxygen atoms in total. The van der Waals surface area contributed by atoms with E-state index in [1.807, 2.05) is 6.92 Å². The van der Waals surface area contributed by atoms with E-state index in [1.54, 1.807) is 43.3 Å². The van der Waals surface area contributed by atoms with E-state index in [1.165, 1.54) is 6.26 Å². The number of rotatable bonds is 8. The molecule has 0 fully saturated rings. The fourth-order valence-corrected chi connectivity index (χ4v) is 3.15. The molecule has 152 valence electrons. The van der Waals surface area contributed by atoms with E-state index in [9.17, 15) is 19.2 Å². The van der Waals surface area contributed by atoms with E-state index >= 15 is 0 Å². The molecule has 29 heavy (non-hydrogen) atoms. The topological polar surface area (TPSA) is 106 Å². The van der Waals surface area contributed by atoms with Crippen LogP contribution < -0.4 is 5.32 Å². The van der Waals surface area contributed by atoms with Gasteiger partial charge in [0.1, 0.15) is 11.8 Å². The van der Waals surface area contributed by atoms with Crippen molar-refractivity contribution in [2.45, 2.75) is 32.9 Å². The van der Waals surface area contributed by atoms with Crippen LogP contribution in [0.4, 0.5) is 0 Å². The minimum atomic E-state index is -1.11. The maximum atomic E-state index is 12.8. The number of nitrogens with one attached hydrogen (secondary N) is 1. The predicted molar refractivity (Wildman–Crippen MR) is 102 cm³/mol. The lowest BCUT2D eigenvalue weighted by molar-refractivity contribution is -0.154. The molecule has 8 heteroatoms. The Morgan fingerprint density at radius 1 is 1.10 bits per heavy atom. The van der Waals surface area contributed by atoms with Crippen molar-refractivity contribution in [1.82, 2.24) is 10.2 Å². The van der Waals surface area contributed by atoms with Gasteiger partial charge in [-0.05, 0) is 30.2 Å². The van der Waals surface area contributed by atoms with Crippen LogP contribution in [0, 0.1) is 5.92 Å². The van der Waals surface area contributed by atoms with Gasteiger partial charge < -0.3 is 14.5 Å². The predicted octanol–water partition coefficient (Wildman–Crippen LogP) is 2.15. The van der Waals surface area contributed by atoms with Gasteiger partial charge in [0, 0.05) is 0 Å². The molecule has 0 bridgehead atoms. The molecule has 2 heterocycles. The summed E-state index contributed by atoms with van der Waals surface area (Å²) in [6.45, 7) is 3.25. The minimum Gasteiger partial charge on any atom is -0.467 e. The molecule has 2 unspecified atom stereocenters. The Morgan fingerprint density at radius 3 is 2.31 bits per heavy atom. The number of furan rings is 1. The van der Waals surface area contributed by atoms with Gasteiger partial charge in [-0.3, -0.25) is 19.3 Å². The highest BCUT2D eigenvalue weighted by atomic mass is 16.5. The summed E-state index contributed by atoms with van der Waals surface area (Å²) in [5.74, 6) is -2.14. The molecule has 0 saturated carbocycles. The SMILES string of the molecule is CCC(C)C(C(=O)OCC(=O)NCc1ccco1)N1C(=O)c2ccccc2C1=O. The summed E-state index contributed by atoms with van der Waals surface area (Å²) >= 11 is 0. The summed E-state index contributed by atoms with van der Waals surface area (Å²) in [6, 6.07) is 8.72. The maximum absolute atomic E-state index is 12.8. The number of carbonyl (C=O) groups excluding carboxylic acids is 4. The van der Waals surface area contributed by atoms with Gasteiger partial charge in [-0.1, -0.05) is 32.4 Å². The Balaban J connectivity index is 1.67. The number of fused-ring (bicyclic) bond motifs is 1. The Kier molecular flexibility index (Phi) is 6.11. The summed E-state index contributed by atoms with van der Waals surface area (Å²) in [5, 5.41) is 2.57. The minimum absolute atomic E-state index is 0.163. The van der Waals surface area contributed by atoms with E-state index in [0.717, 1.165) is 4.90 Å². The van der Waals surface area contributed by atoms with Crippen molar-refractivity contribution < 1.29 is 28.3 Å². The Labute approximate surface area is 167 Å². The molecule has 0 aliphatic carbocycles. The zero-order chi connectivity index (χ0) is 21.0. The largest absolute Gasteiger partial charge is 0.467 e. The average Bonchev–Trinajstić information content (AvgIpc) is 3.34. The van der Waals surface area contributed by atoms with Crippen molar-refractivity contribution in [1.29, 1.82) is 0 Å². The van der Waals surface area contributed by atoms with Crippen LogP contribution in [0.2, 0.25) is 0 Å². The summed E-state index contributed by atoms with van der Waals surface area (Å²) in [4.78, 5) is 51.2. The second-order valence-electron chi connectivity index (χ2n) is 6.82. The Bertz CT molecular complexity index is 886. The van der Waals surface area contributed by atoms with Gasteiger partial charge in [-0.25, -0.2) is 4.79 Å². The first-order valence-electron chi connectivity index (χ1n) is 9.36. The number of hydrogen-bond donors (Lipinski definition) is 1. The van der Waals surface area contributed by atoms with Crippen LogP contribution in [-0.2, 0) is 20.9 Å². The molecular weight excluding hydrogens is 376 g/mol. The third-order valence-electron chi connectivity index (χ3n) is 4.91. The molecule has 2 atom stereocenters. The lowest BCUT2D eigenvalue weighted by Gasteiger charge is -2.28. The quantitative estimate of drug-likeness (QED) is 0.539. The van der Waals surface area contributed by atoms with Crippen molar-refractivity contribution in [2.24, 2.45) is 5.92 Å². The summed E-state index contributed by atoms with van der Waals surface area (Å²) in [7, 11) is 0. The normalized spacial score (nSPS) is 15.0. The summed E-state index contributed by atoms with van der Waals surface area (Å²) < 4.78 is 10.3. The number of amides is 3. The van der Waals surface area contributed by atoms with E-state index in [4.69, 9.17) is 9.15 Å². The molecule has 1 aliphatic rings. The van der Waals surface area contributed by atoms with Crippen LogP contribution in [0.5, 0.6) is 0 Å². The molecule has 0 saturated heterocycles. The molecule has 1 N–H and O–H groups in total. The number of carbonyl (C=O) groups is 4. The molecule has 1 aromatic heterocycles. The zero-order valence-electron chi connectivity index (χ0n) is 16.2. The third-order valence-corrected chi connectivity index (χ3v) is 4.91. The Hall–Kier alpha value is -3.42. The van der Waals surface area contributed by atoms with Gasteiger partial charge in [0.2, 0.25) is 0 Å². The second-order valence-corrected chi connectivity index (χ2v) is 6.82. The van der Waals surface area contributed by atoms with Crippen LogP contribution >= 0.6 is 0 Å². The first kappa shape index (κ1) is 20.3. The number of imide groups is 1. The van der Waals surface area contributed by atoms with Gasteiger partial charge in [0.25, 0.3) is 17.7 Å². The molecule has 0 radical (unpaired) electrons. The monoisotopic (exact) mass is 398 g/mol. The number of ether oxygens (including phenoxy) is 1. The average molecular weight is 398 g/mol. The van der Waals surface area contributed by atoms with E-state index in [2.05, 4.69) is 5.32 Å². The lowest BCUT2D eigenvalue weighted by Crippen LogP contribution is -2.49. The van der Waals surface area contributed by atoms with E-state index < -0.39 is 36.3 Å². The van der Waals surface area contributed by atoms with Gasteiger partial charge in [-0.2, -0.15) is 0 Å². The molecule has 2 aromatic rings. The van der Waals surface area contributed by atoms with Crippen LogP contribution in [0.25, 0.3) is 0 Å². The van der Waals surface area contributed by atoms with E-state index in [0.29, 0.717) is 12.2 Å². The van der Waals surface area contributed by atoms with Gasteiger partial charge in [-0.15, -0.1) is 0 Å². The van der Waals surface area contributed by atoms with Crippen molar-refractivity contribution in [2.75, 3.05) is 6.61 Å². The Morgan fingerprint density at radius 2 is 1.76 bits per heavy atom. The maximum Gasteiger partial charge on any atom is 0.330 e. The van der Waals surface area contributed by atoms with Gasteiger partial charge in [0.05, 0.1) is 23.9 Å². The van der Waals surface area contributed by atoms with Crippen molar-refractivity contribution in [3.05, 3.63) is 59.5 Å². The fourth-order valence-electron chi connectivity index (χ4n) is 3.15. The second kappa shape index (κ2) is 8.72. The molecule has 3 rings (SSSR count). The smallest absolute Gasteiger partial charge is 0.330 e. The molecule has 1 aromatic carbocycles. The van der Waals surface area contributed by atoms with E-state index in [-0.39, 0.29) is 23.6 Å². The first-order valence-corrected chi connectivity index (χ1v) is 9.36. The van der Waals surface area contributed by atoms with Crippen molar-refractivity contribution in [3.8, 4) is 0 Å². The van der Waals surface area contributed by atoms with Crippen LogP contribution in [0.1, 0.15) is 46.7 Å². The standard InChI is InChI=1S/C21H22N2O6/c1-3-13(2)18(23-19(25)15-8-4-5-9-16(15)20(23)26)21(27)29-12-17(24)22-11-14-7-6-10-28-14/h4-10,13,18H,3,11-12H2,1-2H3,(H,22,24). The lowest BCUT2D eigenvalue weighted by atomic mass is 9.97. The highest BCUT2D eigenvalue weighted by Gasteiger charge is 2.45. The first-order chi connectivity index (χ1) is 13.9. The number of benzene rings is 1. The highest BCUT2D eigenvalue weighted by Crippen LogP contribution is 2.28. The van der Waals surface area contributed by atoms with Gasteiger partial charge >= 0.3 is 5.97 Å². The van der Waals surface area contributed by atoms with Crippen molar-refractivity contribution >= 4 is 23.7 Å². The van der Waals surface area contributed by atoms with Gasteiger partial charge in [0.15, 0.2) is 6.61 Å². The number of nitrogens with zero attached hydrogens (tertiary/aromatic N) is 1. The summed E-state index contributed by atoms with van der Waals surface area (Å²) in [5.41, 5.74) is 0.518. The van der Waals surface area contributed by atoms with Crippen LogP contribution in [0.15, 0.2) is 47.1 Å². The third kappa shape index (κ3) is 4.21.